The van der Waals surface area contributed by atoms with Gasteiger partial charge in [0.05, 0.1) is 13.2 Å². The average molecular weight is 321 g/mol. The first-order chi connectivity index (χ1) is 11.1. The molecule has 6 heteroatoms. The summed E-state index contributed by atoms with van der Waals surface area (Å²) in [5, 5.41) is 3.46. The van der Waals surface area contributed by atoms with E-state index in [1.165, 1.54) is 6.42 Å². The van der Waals surface area contributed by atoms with Crippen molar-refractivity contribution in [3.63, 3.8) is 0 Å². The third-order valence-electron chi connectivity index (χ3n) is 4.12. The van der Waals surface area contributed by atoms with E-state index in [0.717, 1.165) is 44.6 Å². The number of likely N-dealkylation sites (tertiary alicyclic amines) is 1. The molecule has 0 aromatic carbocycles. The molecule has 1 fully saturated rings. The Labute approximate surface area is 139 Å². The lowest BCUT2D eigenvalue weighted by atomic mass is 10.1. The monoisotopic (exact) mass is 321 g/mol. The zero-order valence-corrected chi connectivity index (χ0v) is 15.0. The van der Waals surface area contributed by atoms with Gasteiger partial charge in [0.1, 0.15) is 5.82 Å². The van der Waals surface area contributed by atoms with Gasteiger partial charge in [0.2, 0.25) is 0 Å². The molecule has 1 aromatic rings. The van der Waals surface area contributed by atoms with E-state index in [9.17, 15) is 0 Å². The first-order valence-electron chi connectivity index (χ1n) is 8.67. The van der Waals surface area contributed by atoms with E-state index < -0.39 is 0 Å². The fraction of sp³-hybridized carbons (Fsp3) is 0.765. The minimum absolute atomic E-state index is 0.608. The van der Waals surface area contributed by atoms with E-state index >= 15 is 0 Å². The Hall–Kier alpha value is -1.56. The minimum Gasteiger partial charge on any atom is -0.381 e. The fourth-order valence-electron chi connectivity index (χ4n) is 3.00. The Morgan fingerprint density at radius 3 is 3.04 bits per heavy atom. The van der Waals surface area contributed by atoms with Crippen molar-refractivity contribution < 1.29 is 4.74 Å². The van der Waals surface area contributed by atoms with E-state index in [1.807, 2.05) is 26.4 Å². The lowest BCUT2D eigenvalue weighted by Crippen LogP contribution is -2.40. The first-order valence-corrected chi connectivity index (χ1v) is 8.67. The third-order valence-corrected chi connectivity index (χ3v) is 4.12. The Morgan fingerprint density at radius 2 is 2.35 bits per heavy atom. The molecule has 23 heavy (non-hydrogen) atoms. The third kappa shape index (κ3) is 5.23. The highest BCUT2D eigenvalue weighted by molar-refractivity contribution is 5.80. The van der Waals surface area contributed by atoms with Crippen LogP contribution in [0.2, 0.25) is 0 Å². The van der Waals surface area contributed by atoms with Crippen LogP contribution in [-0.4, -0.2) is 53.8 Å². The van der Waals surface area contributed by atoms with Crippen molar-refractivity contribution >= 4 is 5.96 Å². The maximum absolute atomic E-state index is 5.55. The maximum atomic E-state index is 5.55. The van der Waals surface area contributed by atoms with E-state index in [4.69, 9.17) is 4.74 Å². The summed E-state index contributed by atoms with van der Waals surface area (Å²) in [4.78, 5) is 11.2. The number of rotatable bonds is 7. The van der Waals surface area contributed by atoms with Crippen LogP contribution in [0.4, 0.5) is 0 Å². The van der Waals surface area contributed by atoms with Crippen LogP contribution in [0.15, 0.2) is 17.4 Å². The van der Waals surface area contributed by atoms with Crippen molar-refractivity contribution in [2.75, 3.05) is 33.4 Å². The summed E-state index contributed by atoms with van der Waals surface area (Å²) in [6, 6.07) is 0. The number of aromatic nitrogens is 2. The largest absolute Gasteiger partial charge is 0.381 e. The molecule has 0 radical (unpaired) electrons. The van der Waals surface area contributed by atoms with Crippen molar-refractivity contribution in [2.24, 2.45) is 16.8 Å². The molecule has 1 aliphatic rings. The predicted molar refractivity (Wildman–Crippen MR) is 93.4 cm³/mol. The van der Waals surface area contributed by atoms with Gasteiger partial charge in [-0.1, -0.05) is 13.8 Å². The quantitative estimate of drug-likeness (QED) is 0.616. The molecule has 1 unspecified atom stereocenters. The first kappa shape index (κ1) is 17.8. The lowest BCUT2D eigenvalue weighted by Gasteiger charge is -2.22. The molecular formula is C17H31N5O. The van der Waals surface area contributed by atoms with Gasteiger partial charge in [0.25, 0.3) is 0 Å². The molecule has 0 aliphatic carbocycles. The van der Waals surface area contributed by atoms with Crippen molar-refractivity contribution in [1.82, 2.24) is 19.8 Å². The molecular weight excluding hydrogens is 290 g/mol. The van der Waals surface area contributed by atoms with Gasteiger partial charge in [-0.2, -0.15) is 0 Å². The van der Waals surface area contributed by atoms with E-state index in [1.54, 1.807) is 0 Å². The lowest BCUT2D eigenvalue weighted by molar-refractivity contribution is 0.114. The van der Waals surface area contributed by atoms with Crippen LogP contribution < -0.4 is 5.32 Å². The van der Waals surface area contributed by atoms with Gasteiger partial charge in [-0.05, 0) is 19.3 Å². The molecule has 1 atom stereocenters. The fourth-order valence-corrected chi connectivity index (χ4v) is 3.00. The van der Waals surface area contributed by atoms with Crippen LogP contribution in [0.5, 0.6) is 0 Å². The summed E-state index contributed by atoms with van der Waals surface area (Å²) in [6.45, 7) is 11.9. The van der Waals surface area contributed by atoms with Gasteiger partial charge in [0.15, 0.2) is 5.96 Å². The Bertz CT molecular complexity index is 497. The van der Waals surface area contributed by atoms with Crippen LogP contribution in [0.1, 0.15) is 33.0 Å². The highest BCUT2D eigenvalue weighted by atomic mass is 16.5. The highest BCUT2D eigenvalue weighted by Crippen LogP contribution is 2.16. The normalized spacial score (nSPS) is 18.9. The zero-order chi connectivity index (χ0) is 16.7. The van der Waals surface area contributed by atoms with Gasteiger partial charge in [-0.25, -0.2) is 4.98 Å². The number of nitrogens with one attached hydrogen (secondary N) is 1. The van der Waals surface area contributed by atoms with Crippen molar-refractivity contribution in [1.29, 1.82) is 0 Å². The number of nitrogens with zero attached hydrogens (tertiary/aromatic N) is 4. The Kier molecular flexibility index (Phi) is 6.89. The van der Waals surface area contributed by atoms with Gasteiger partial charge in [-0.3, -0.25) is 4.99 Å². The van der Waals surface area contributed by atoms with Crippen LogP contribution in [0.25, 0.3) is 0 Å². The molecule has 1 aliphatic heterocycles. The molecule has 6 nitrogen and oxygen atoms in total. The smallest absolute Gasteiger partial charge is 0.194 e. The molecule has 1 N–H and O–H groups in total. The van der Waals surface area contributed by atoms with Crippen LogP contribution in [0, 0.1) is 11.8 Å². The van der Waals surface area contributed by atoms with Crippen molar-refractivity contribution in [2.45, 2.75) is 40.3 Å². The van der Waals surface area contributed by atoms with Crippen LogP contribution in [-0.2, 0) is 17.8 Å². The number of hydrogen-bond acceptors (Lipinski definition) is 3. The molecule has 0 saturated carbocycles. The van der Waals surface area contributed by atoms with Crippen molar-refractivity contribution in [3.8, 4) is 0 Å². The summed E-state index contributed by atoms with van der Waals surface area (Å²) in [5.41, 5.74) is 0. The molecule has 1 saturated heterocycles. The average Bonchev–Trinajstić information content (AvgIpc) is 3.15. The summed E-state index contributed by atoms with van der Waals surface area (Å²) in [7, 11) is 1.85. The number of imidazole rings is 1. The maximum Gasteiger partial charge on any atom is 0.194 e. The molecule has 0 amide bonds. The Morgan fingerprint density at radius 1 is 1.52 bits per heavy atom. The van der Waals surface area contributed by atoms with Gasteiger partial charge >= 0.3 is 0 Å². The van der Waals surface area contributed by atoms with E-state index in [2.05, 4.69) is 38.6 Å². The van der Waals surface area contributed by atoms with Crippen LogP contribution in [0.3, 0.4) is 0 Å². The van der Waals surface area contributed by atoms with Gasteiger partial charge in [0, 0.05) is 51.6 Å². The topological polar surface area (TPSA) is 54.7 Å². The van der Waals surface area contributed by atoms with Crippen LogP contribution >= 0.6 is 0 Å². The van der Waals surface area contributed by atoms with Gasteiger partial charge < -0.3 is 19.5 Å². The van der Waals surface area contributed by atoms with E-state index in [0.29, 0.717) is 18.4 Å². The minimum atomic E-state index is 0.608. The summed E-state index contributed by atoms with van der Waals surface area (Å²) in [5.74, 6) is 3.24. The highest BCUT2D eigenvalue weighted by Gasteiger charge is 2.24. The molecule has 0 spiro atoms. The Balaban J connectivity index is 1.85. The molecule has 0 bridgehead atoms. The molecule has 2 rings (SSSR count). The number of hydrogen-bond donors (Lipinski definition) is 1. The summed E-state index contributed by atoms with van der Waals surface area (Å²) in [6.07, 6.45) is 5.09. The summed E-state index contributed by atoms with van der Waals surface area (Å²) >= 11 is 0. The molecule has 2 heterocycles. The number of ether oxygens (including phenoxy) is 1. The number of guanidine groups is 1. The van der Waals surface area contributed by atoms with E-state index in [-0.39, 0.29) is 0 Å². The summed E-state index contributed by atoms with van der Waals surface area (Å²) < 4.78 is 7.77. The zero-order valence-electron chi connectivity index (χ0n) is 15.0. The number of aliphatic imine (C=N–C) groups is 1. The van der Waals surface area contributed by atoms with Crippen molar-refractivity contribution in [3.05, 3.63) is 18.2 Å². The predicted octanol–water partition coefficient (Wildman–Crippen LogP) is 1.97. The second kappa shape index (κ2) is 8.91. The molecule has 130 valence electrons. The van der Waals surface area contributed by atoms with Gasteiger partial charge in [-0.15, -0.1) is 0 Å². The standard InChI is InChI=1S/C17H31N5O/c1-5-23-13-15-6-8-22(12-15)17(18-4)20-10-16-19-7-9-21(16)11-14(2)3/h7,9,14-15H,5-6,8,10-13H2,1-4H3,(H,18,20). The SMILES string of the molecule is CCOCC1CCN(C(=NC)NCc2nccn2CC(C)C)C1. The molecule has 1 aromatic heterocycles. The second-order valence-electron chi connectivity index (χ2n) is 6.55. The second-order valence-corrected chi connectivity index (χ2v) is 6.55.